The summed E-state index contributed by atoms with van der Waals surface area (Å²) in [6.45, 7) is 4.45. The van der Waals surface area contributed by atoms with Crippen molar-refractivity contribution in [1.82, 2.24) is 0 Å². The van der Waals surface area contributed by atoms with E-state index in [9.17, 15) is 0 Å². The van der Waals surface area contributed by atoms with Gasteiger partial charge in [0.1, 0.15) is 0 Å². The van der Waals surface area contributed by atoms with Gasteiger partial charge in [0.25, 0.3) is 0 Å². The second-order valence-electron chi connectivity index (χ2n) is 14.2. The first-order valence-corrected chi connectivity index (χ1v) is 18.3. The highest BCUT2D eigenvalue weighted by molar-refractivity contribution is 6.28. The Kier molecular flexibility index (Phi) is 7.11. The molecule has 1 aliphatic rings. The molecule has 0 saturated carbocycles. The van der Waals surface area contributed by atoms with Crippen molar-refractivity contribution in [3.63, 3.8) is 0 Å². The summed E-state index contributed by atoms with van der Waals surface area (Å²) < 4.78 is 0. The summed E-state index contributed by atoms with van der Waals surface area (Å²) in [7, 11) is 0. The van der Waals surface area contributed by atoms with E-state index in [1.807, 2.05) is 0 Å². The third-order valence-corrected chi connectivity index (χ3v) is 11.1. The maximum absolute atomic E-state index is 2.59. The Bertz CT molecular complexity index is 2940. The van der Waals surface area contributed by atoms with E-state index >= 15 is 0 Å². The fourth-order valence-electron chi connectivity index (χ4n) is 8.59. The van der Waals surface area contributed by atoms with Crippen LogP contribution in [0.15, 0.2) is 164 Å². The Morgan fingerprint density at radius 3 is 1.73 bits per heavy atom. The average molecular weight is 667 g/mol. The molecular formula is C50H38N2. The number of anilines is 5. The summed E-state index contributed by atoms with van der Waals surface area (Å²) >= 11 is 0. The van der Waals surface area contributed by atoms with Gasteiger partial charge in [-0.2, -0.15) is 0 Å². The lowest BCUT2D eigenvalue weighted by Crippen LogP contribution is -2.38. The van der Waals surface area contributed by atoms with Crippen LogP contribution in [-0.4, -0.2) is 6.04 Å². The molecule has 10 rings (SSSR count). The van der Waals surface area contributed by atoms with E-state index in [1.165, 1.54) is 87.4 Å². The summed E-state index contributed by atoms with van der Waals surface area (Å²) in [6.07, 6.45) is 5.80. The number of nitrogens with zero attached hydrogens (tertiary/aromatic N) is 2. The zero-order chi connectivity index (χ0) is 34.8. The first-order chi connectivity index (χ1) is 25.6. The van der Waals surface area contributed by atoms with E-state index in [0.717, 1.165) is 12.1 Å². The minimum Gasteiger partial charge on any atom is -0.333 e. The van der Waals surface area contributed by atoms with E-state index in [0.29, 0.717) is 0 Å². The largest absolute Gasteiger partial charge is 0.333 e. The van der Waals surface area contributed by atoms with Crippen molar-refractivity contribution in [3.8, 4) is 0 Å². The molecule has 1 unspecified atom stereocenters. The SMILES string of the molecule is Cc1ccccc1N(c1ccc2ccccc2c1)c1ccc2ccc3c(N(c4ccccc4C)C4C=c5ccccc5=CC4)ccc4ccc1c2c43. The highest BCUT2D eigenvalue weighted by atomic mass is 15.2. The van der Waals surface area contributed by atoms with Gasteiger partial charge < -0.3 is 9.80 Å². The Hall–Kier alpha value is -6.38. The molecule has 9 aromatic carbocycles. The second-order valence-corrected chi connectivity index (χ2v) is 14.2. The molecule has 248 valence electrons. The number of para-hydroxylation sites is 2. The molecule has 9 aromatic rings. The lowest BCUT2D eigenvalue weighted by molar-refractivity contribution is 0.837. The first kappa shape index (κ1) is 30.4. The molecule has 2 nitrogen and oxygen atoms in total. The summed E-state index contributed by atoms with van der Waals surface area (Å²) in [5.74, 6) is 0. The van der Waals surface area contributed by atoms with E-state index in [-0.39, 0.29) is 6.04 Å². The fraction of sp³-hybridized carbons (Fsp3) is 0.0800. The van der Waals surface area contributed by atoms with Gasteiger partial charge in [-0.1, -0.05) is 140 Å². The zero-order valence-electron chi connectivity index (χ0n) is 29.4. The molecule has 52 heavy (non-hydrogen) atoms. The minimum absolute atomic E-state index is 0.175. The topological polar surface area (TPSA) is 6.48 Å². The predicted octanol–water partition coefficient (Wildman–Crippen LogP) is 12.0. The van der Waals surface area contributed by atoms with Crippen LogP contribution in [0, 0.1) is 13.8 Å². The third-order valence-electron chi connectivity index (χ3n) is 11.1. The monoisotopic (exact) mass is 666 g/mol. The Labute approximate surface area is 304 Å². The molecule has 0 saturated heterocycles. The van der Waals surface area contributed by atoms with Gasteiger partial charge >= 0.3 is 0 Å². The molecular weight excluding hydrogens is 629 g/mol. The highest BCUT2D eigenvalue weighted by Gasteiger charge is 2.25. The molecule has 1 aliphatic carbocycles. The number of rotatable bonds is 6. The van der Waals surface area contributed by atoms with Crippen LogP contribution in [0.5, 0.6) is 0 Å². The van der Waals surface area contributed by atoms with Gasteiger partial charge in [0, 0.05) is 33.5 Å². The van der Waals surface area contributed by atoms with Gasteiger partial charge in [-0.15, -0.1) is 0 Å². The molecule has 0 N–H and O–H groups in total. The Morgan fingerprint density at radius 2 is 1.00 bits per heavy atom. The zero-order valence-corrected chi connectivity index (χ0v) is 29.4. The number of benzene rings is 9. The number of hydrogen-bond donors (Lipinski definition) is 0. The normalized spacial score (nSPS) is 14.0. The molecule has 1 atom stereocenters. The van der Waals surface area contributed by atoms with E-state index in [4.69, 9.17) is 0 Å². The lowest BCUT2D eigenvalue weighted by atomic mass is 9.91. The third kappa shape index (κ3) is 4.86. The second kappa shape index (κ2) is 12.1. The van der Waals surface area contributed by atoms with Gasteiger partial charge in [-0.3, -0.25) is 0 Å². The quantitative estimate of drug-likeness (QED) is 0.163. The van der Waals surface area contributed by atoms with Crippen molar-refractivity contribution in [1.29, 1.82) is 0 Å². The smallest absolute Gasteiger partial charge is 0.0566 e. The highest BCUT2D eigenvalue weighted by Crippen LogP contribution is 2.47. The van der Waals surface area contributed by atoms with Gasteiger partial charge in [0.2, 0.25) is 0 Å². The molecule has 0 fully saturated rings. The van der Waals surface area contributed by atoms with Crippen molar-refractivity contribution in [2.24, 2.45) is 0 Å². The first-order valence-electron chi connectivity index (χ1n) is 18.3. The van der Waals surface area contributed by atoms with E-state index in [1.54, 1.807) is 0 Å². The fourth-order valence-corrected chi connectivity index (χ4v) is 8.59. The molecule has 0 amide bonds. The minimum atomic E-state index is 0.175. The van der Waals surface area contributed by atoms with Gasteiger partial charge in [0.15, 0.2) is 0 Å². The lowest BCUT2D eigenvalue weighted by Gasteiger charge is -2.35. The summed E-state index contributed by atoms with van der Waals surface area (Å²) in [5, 5.41) is 12.8. The molecule has 0 heterocycles. The molecule has 0 spiro atoms. The van der Waals surface area contributed by atoms with Crippen LogP contribution in [0.3, 0.4) is 0 Å². The average Bonchev–Trinajstić information content (AvgIpc) is 3.19. The molecule has 0 aromatic heterocycles. The Balaban J connectivity index is 1.23. The molecule has 2 heteroatoms. The summed E-state index contributed by atoms with van der Waals surface area (Å²) in [5.41, 5.74) is 8.50. The van der Waals surface area contributed by atoms with Crippen molar-refractivity contribution in [2.75, 3.05) is 9.80 Å². The van der Waals surface area contributed by atoms with Crippen LogP contribution in [-0.2, 0) is 0 Å². The van der Waals surface area contributed by atoms with Gasteiger partial charge in [-0.05, 0) is 111 Å². The molecule has 0 aliphatic heterocycles. The van der Waals surface area contributed by atoms with Crippen LogP contribution >= 0.6 is 0 Å². The number of fused-ring (bicyclic) bond motifs is 2. The molecule has 0 bridgehead atoms. The number of hydrogen-bond acceptors (Lipinski definition) is 2. The standard InChI is InChI=1S/C50H38N2/c1-33-11-3-9-17-45(33)51(41-25-19-35-13-5-7-15-39(35)31-41)47-29-23-37-22-28-44-48(30-24-38-21-27-43(47)49(37)50(38)44)52(46-18-10-4-12-34(46)2)42-26-20-36-14-6-8-16-40(36)32-42/h3-25,27-32,42H,26H2,1-2H3. The van der Waals surface area contributed by atoms with Gasteiger partial charge in [0.05, 0.1) is 11.7 Å². The van der Waals surface area contributed by atoms with Crippen molar-refractivity contribution < 1.29 is 0 Å². The maximum atomic E-state index is 2.59. The van der Waals surface area contributed by atoms with Crippen molar-refractivity contribution >= 4 is 83.7 Å². The number of aryl methyl sites for hydroxylation is 2. The predicted molar refractivity (Wildman–Crippen MR) is 223 cm³/mol. The Morgan fingerprint density at radius 1 is 0.442 bits per heavy atom. The summed E-state index contributed by atoms with van der Waals surface area (Å²) in [4.78, 5) is 5.04. The van der Waals surface area contributed by atoms with Crippen LogP contribution in [0.2, 0.25) is 0 Å². The van der Waals surface area contributed by atoms with Crippen LogP contribution < -0.4 is 20.2 Å². The van der Waals surface area contributed by atoms with Crippen molar-refractivity contribution in [3.05, 3.63) is 185 Å². The molecule has 0 radical (unpaired) electrons. The van der Waals surface area contributed by atoms with E-state index in [2.05, 4.69) is 200 Å². The van der Waals surface area contributed by atoms with Crippen LogP contribution in [0.1, 0.15) is 17.5 Å². The summed E-state index contributed by atoms with van der Waals surface area (Å²) in [6, 6.07) is 60.6. The van der Waals surface area contributed by atoms with Crippen LogP contribution in [0.4, 0.5) is 28.4 Å². The maximum Gasteiger partial charge on any atom is 0.0566 e. The van der Waals surface area contributed by atoms with Crippen molar-refractivity contribution in [2.45, 2.75) is 26.3 Å². The van der Waals surface area contributed by atoms with E-state index < -0.39 is 0 Å². The van der Waals surface area contributed by atoms with Crippen LogP contribution in [0.25, 0.3) is 55.2 Å². The van der Waals surface area contributed by atoms with Gasteiger partial charge in [-0.25, -0.2) is 0 Å².